The fourth-order valence-corrected chi connectivity index (χ4v) is 1.68. The summed E-state index contributed by atoms with van der Waals surface area (Å²) in [6.07, 6.45) is -4.77. The van der Waals surface area contributed by atoms with E-state index in [0.29, 0.717) is 5.33 Å². The number of ketones is 1. The summed E-state index contributed by atoms with van der Waals surface area (Å²) in [6, 6.07) is 3.52. The van der Waals surface area contributed by atoms with Gasteiger partial charge in [0.25, 0.3) is 0 Å². The highest BCUT2D eigenvalue weighted by molar-refractivity contribution is 9.09. The van der Waals surface area contributed by atoms with E-state index in [0.717, 1.165) is 6.07 Å². The van der Waals surface area contributed by atoms with Crippen molar-refractivity contribution < 1.29 is 22.7 Å². The van der Waals surface area contributed by atoms with Crippen LogP contribution < -0.4 is 4.74 Å². The van der Waals surface area contributed by atoms with Crippen molar-refractivity contribution in [2.24, 2.45) is 0 Å². The molecular weight excluding hydrogens is 324 g/mol. The summed E-state index contributed by atoms with van der Waals surface area (Å²) in [6.45, 7) is 0. The molecule has 1 aromatic carbocycles. The number of alkyl halides is 4. The summed E-state index contributed by atoms with van der Waals surface area (Å²) >= 11 is 8.60. The van der Waals surface area contributed by atoms with Crippen molar-refractivity contribution in [2.45, 2.75) is 12.8 Å². The van der Waals surface area contributed by atoms with Crippen LogP contribution >= 0.6 is 27.5 Å². The molecule has 0 spiro atoms. The minimum atomic E-state index is -4.85. The van der Waals surface area contributed by atoms with Crippen molar-refractivity contribution in [2.75, 3.05) is 5.33 Å². The van der Waals surface area contributed by atoms with Crippen LogP contribution in [0.25, 0.3) is 0 Å². The molecule has 17 heavy (non-hydrogen) atoms. The van der Waals surface area contributed by atoms with Crippen LogP contribution in [-0.4, -0.2) is 17.5 Å². The number of carbonyl (C=O) groups is 1. The topological polar surface area (TPSA) is 26.3 Å². The van der Waals surface area contributed by atoms with Crippen molar-refractivity contribution in [3.05, 3.63) is 28.8 Å². The first-order valence-electron chi connectivity index (χ1n) is 4.48. The van der Waals surface area contributed by atoms with Gasteiger partial charge in [0.05, 0.1) is 5.56 Å². The number of benzene rings is 1. The SMILES string of the molecule is O=C(CCBr)c1ccc(Cl)cc1OC(F)(F)F. The zero-order chi connectivity index (χ0) is 13.1. The first kappa shape index (κ1) is 14.3. The van der Waals surface area contributed by atoms with Gasteiger partial charge in [-0.2, -0.15) is 0 Å². The summed E-state index contributed by atoms with van der Waals surface area (Å²) in [5.74, 6) is -1.02. The molecule has 0 atom stereocenters. The largest absolute Gasteiger partial charge is 0.573 e. The van der Waals surface area contributed by atoms with Crippen molar-refractivity contribution in [1.29, 1.82) is 0 Å². The molecule has 2 nitrogen and oxygen atoms in total. The molecule has 94 valence electrons. The van der Waals surface area contributed by atoms with E-state index in [4.69, 9.17) is 11.6 Å². The van der Waals surface area contributed by atoms with Crippen LogP contribution in [0.1, 0.15) is 16.8 Å². The van der Waals surface area contributed by atoms with Gasteiger partial charge < -0.3 is 4.74 Å². The zero-order valence-corrected chi connectivity index (χ0v) is 10.7. The molecule has 0 N–H and O–H groups in total. The molecular formula is C10H7BrClF3O2. The summed E-state index contributed by atoms with van der Waals surface area (Å²) < 4.78 is 40.1. The third kappa shape index (κ3) is 4.55. The van der Waals surface area contributed by atoms with E-state index in [9.17, 15) is 18.0 Å². The predicted molar refractivity (Wildman–Crippen MR) is 60.9 cm³/mol. The molecule has 1 rings (SSSR count). The van der Waals surface area contributed by atoms with Gasteiger partial charge in [0.15, 0.2) is 5.78 Å². The monoisotopic (exact) mass is 330 g/mol. The maximum absolute atomic E-state index is 12.1. The number of hydrogen-bond donors (Lipinski definition) is 0. The standard InChI is InChI=1S/C10H7BrClF3O2/c11-4-3-8(16)7-2-1-6(12)5-9(7)17-10(13,14)15/h1-2,5H,3-4H2. The predicted octanol–water partition coefficient (Wildman–Crippen LogP) is 4.21. The Bertz CT molecular complexity index is 421. The van der Waals surface area contributed by atoms with E-state index < -0.39 is 17.9 Å². The maximum atomic E-state index is 12.1. The number of rotatable bonds is 4. The van der Waals surface area contributed by atoms with Crippen LogP contribution in [0, 0.1) is 0 Å². The summed E-state index contributed by atoms with van der Waals surface area (Å²) in [5, 5.41) is 0.430. The average Bonchev–Trinajstić information content (AvgIpc) is 2.15. The maximum Gasteiger partial charge on any atom is 0.573 e. The van der Waals surface area contributed by atoms with Gasteiger partial charge in [-0.25, -0.2) is 0 Å². The molecule has 0 unspecified atom stereocenters. The van der Waals surface area contributed by atoms with Crippen LogP contribution in [0.15, 0.2) is 18.2 Å². The van der Waals surface area contributed by atoms with Crippen LogP contribution in [0.4, 0.5) is 13.2 Å². The third-order valence-corrected chi connectivity index (χ3v) is 2.42. The normalized spacial score (nSPS) is 11.4. The number of Topliss-reactive ketones (excluding diaryl/α,β-unsaturated/α-hetero) is 1. The molecule has 0 radical (unpaired) electrons. The van der Waals surface area contributed by atoms with Crippen molar-refractivity contribution >= 4 is 33.3 Å². The second-order valence-electron chi connectivity index (χ2n) is 3.05. The van der Waals surface area contributed by atoms with E-state index in [-0.39, 0.29) is 17.0 Å². The zero-order valence-electron chi connectivity index (χ0n) is 8.35. The fraction of sp³-hybridized carbons (Fsp3) is 0.300. The Morgan fingerprint density at radius 2 is 2.06 bits per heavy atom. The number of hydrogen-bond acceptors (Lipinski definition) is 2. The molecule has 7 heteroatoms. The molecule has 0 aliphatic rings. The van der Waals surface area contributed by atoms with Crippen molar-refractivity contribution in [3.63, 3.8) is 0 Å². The molecule has 0 saturated heterocycles. The van der Waals surface area contributed by atoms with Gasteiger partial charge in [-0.3, -0.25) is 4.79 Å². The van der Waals surface area contributed by atoms with Gasteiger partial charge in [0.2, 0.25) is 0 Å². The molecule has 0 aliphatic heterocycles. The molecule has 0 amide bonds. The molecule has 0 aromatic heterocycles. The second kappa shape index (κ2) is 5.73. The van der Waals surface area contributed by atoms with Gasteiger partial charge in [-0.1, -0.05) is 27.5 Å². The van der Waals surface area contributed by atoms with E-state index in [1.807, 2.05) is 0 Å². The second-order valence-corrected chi connectivity index (χ2v) is 4.28. The first-order valence-corrected chi connectivity index (χ1v) is 5.98. The van der Waals surface area contributed by atoms with E-state index >= 15 is 0 Å². The third-order valence-electron chi connectivity index (χ3n) is 1.79. The molecule has 0 aliphatic carbocycles. The lowest BCUT2D eigenvalue weighted by Crippen LogP contribution is -2.19. The minimum absolute atomic E-state index is 0.0691. The lowest BCUT2D eigenvalue weighted by atomic mass is 10.1. The lowest BCUT2D eigenvalue weighted by Gasteiger charge is -2.12. The molecule has 0 fully saturated rings. The van der Waals surface area contributed by atoms with Crippen LogP contribution in [-0.2, 0) is 0 Å². The van der Waals surface area contributed by atoms with Crippen LogP contribution in [0.2, 0.25) is 5.02 Å². The van der Waals surface area contributed by atoms with Crippen LogP contribution in [0.3, 0.4) is 0 Å². The Hall–Kier alpha value is -0.750. The number of halogens is 5. The molecule has 0 bridgehead atoms. The van der Waals surface area contributed by atoms with E-state index in [1.165, 1.54) is 12.1 Å². The van der Waals surface area contributed by atoms with Gasteiger partial charge in [0.1, 0.15) is 5.75 Å². The summed E-state index contributed by atoms with van der Waals surface area (Å²) in [7, 11) is 0. The highest BCUT2D eigenvalue weighted by Crippen LogP contribution is 2.30. The van der Waals surface area contributed by atoms with Gasteiger partial charge in [-0.05, 0) is 18.2 Å². The lowest BCUT2D eigenvalue weighted by molar-refractivity contribution is -0.274. The van der Waals surface area contributed by atoms with Crippen molar-refractivity contribution in [3.8, 4) is 5.75 Å². The van der Waals surface area contributed by atoms with Crippen LogP contribution in [0.5, 0.6) is 5.75 Å². The molecule has 1 aromatic rings. The molecule has 0 heterocycles. The van der Waals surface area contributed by atoms with Gasteiger partial charge in [0, 0.05) is 16.8 Å². The number of ether oxygens (including phenoxy) is 1. The average molecular weight is 332 g/mol. The van der Waals surface area contributed by atoms with Gasteiger partial charge in [-0.15, -0.1) is 13.2 Å². The quantitative estimate of drug-likeness (QED) is 0.610. The first-order chi connectivity index (χ1) is 7.83. The summed E-state index contributed by atoms with van der Waals surface area (Å²) in [5.41, 5.74) is -0.133. The number of carbonyl (C=O) groups excluding carboxylic acids is 1. The fourth-order valence-electron chi connectivity index (χ4n) is 1.16. The summed E-state index contributed by atoms with van der Waals surface area (Å²) in [4.78, 5) is 11.5. The Morgan fingerprint density at radius 3 is 2.59 bits per heavy atom. The minimum Gasteiger partial charge on any atom is -0.405 e. The smallest absolute Gasteiger partial charge is 0.405 e. The Morgan fingerprint density at radius 1 is 1.41 bits per heavy atom. The Kier molecular flexibility index (Phi) is 4.82. The molecule has 0 saturated carbocycles. The Balaban J connectivity index is 3.08. The highest BCUT2D eigenvalue weighted by Gasteiger charge is 2.32. The van der Waals surface area contributed by atoms with E-state index in [1.54, 1.807) is 0 Å². The highest BCUT2D eigenvalue weighted by atomic mass is 79.9. The van der Waals surface area contributed by atoms with Crippen molar-refractivity contribution in [1.82, 2.24) is 0 Å². The Labute approximate surface area is 109 Å². The van der Waals surface area contributed by atoms with E-state index in [2.05, 4.69) is 20.7 Å². The van der Waals surface area contributed by atoms with Gasteiger partial charge >= 0.3 is 6.36 Å².